The van der Waals surface area contributed by atoms with E-state index in [0.29, 0.717) is 0 Å². The number of benzene rings is 7. The molecule has 0 radical (unpaired) electrons. The minimum atomic E-state index is -0.932. The lowest BCUT2D eigenvalue weighted by molar-refractivity contribution is 1.13. The van der Waals surface area contributed by atoms with Gasteiger partial charge in [0, 0.05) is 19.8 Å². The number of hydrogen-bond donors (Lipinski definition) is 0. The molecule has 0 amide bonds. The zero-order valence-corrected chi connectivity index (χ0v) is 29.9. The first-order valence-corrected chi connectivity index (χ1v) is 20.3. The molecular formula is C44H38NP3. The van der Waals surface area contributed by atoms with E-state index in [1.54, 1.807) is 0 Å². The normalized spacial score (nSPS) is 11.3. The summed E-state index contributed by atoms with van der Waals surface area (Å²) in [6.45, 7) is 0. The van der Waals surface area contributed by atoms with E-state index in [2.05, 4.69) is 213 Å². The number of nitrogens with zero attached hydrogens (tertiary/aromatic N) is 1. The Bertz CT molecular complexity index is 1840. The van der Waals surface area contributed by atoms with Crippen LogP contribution in [0.5, 0.6) is 0 Å². The molecule has 0 unspecified atom stereocenters. The minimum Gasteiger partial charge on any atom is -0.378 e. The van der Waals surface area contributed by atoms with Crippen LogP contribution < -0.4 is 52.6 Å². The van der Waals surface area contributed by atoms with Gasteiger partial charge in [0.2, 0.25) is 0 Å². The van der Waals surface area contributed by atoms with Gasteiger partial charge in [0.25, 0.3) is 0 Å². The minimum absolute atomic E-state index is 0.796. The van der Waals surface area contributed by atoms with Crippen LogP contribution in [-0.4, -0.2) is 14.1 Å². The fourth-order valence-corrected chi connectivity index (χ4v) is 14.4. The highest BCUT2D eigenvalue weighted by Crippen LogP contribution is 2.42. The third kappa shape index (κ3) is 6.92. The largest absolute Gasteiger partial charge is 0.378 e. The number of hydrogen-bond acceptors (Lipinski definition) is 1. The molecule has 7 aromatic carbocycles. The second-order valence-corrected chi connectivity index (χ2v) is 18.3. The van der Waals surface area contributed by atoms with Gasteiger partial charge in [-0.05, 0) is 83.6 Å². The maximum Gasteiger partial charge on any atom is 0.0361 e. The lowest BCUT2D eigenvalue weighted by Gasteiger charge is -2.30. The molecule has 0 aromatic heterocycles. The van der Waals surface area contributed by atoms with Crippen molar-refractivity contribution in [3.8, 4) is 0 Å². The standard InChI is InChI=1S/C44H38NP3/c1-45(2)35-31-33-40(34-32-35)48(43-29-17-15-27-41(43)46(36-19-7-3-8-20-36)37-21-9-4-10-22-37)44-30-18-16-28-42(44)47(38-23-11-5-12-24-38)39-25-13-6-14-26-39/h3-34H,1-2H3. The molecule has 0 bridgehead atoms. The summed E-state index contributed by atoms with van der Waals surface area (Å²) in [4.78, 5) is 2.18. The van der Waals surface area contributed by atoms with Gasteiger partial charge in [-0.2, -0.15) is 0 Å². The van der Waals surface area contributed by atoms with Crippen molar-refractivity contribution >= 4 is 77.2 Å². The van der Waals surface area contributed by atoms with E-state index >= 15 is 0 Å². The third-order valence-electron chi connectivity index (χ3n) is 8.41. The van der Waals surface area contributed by atoms with Crippen molar-refractivity contribution in [3.63, 3.8) is 0 Å². The molecule has 7 rings (SSSR count). The first-order valence-electron chi connectivity index (χ1n) is 16.2. The van der Waals surface area contributed by atoms with Crippen LogP contribution in [-0.2, 0) is 0 Å². The van der Waals surface area contributed by atoms with Crippen LogP contribution in [0.3, 0.4) is 0 Å². The molecule has 0 spiro atoms. The topological polar surface area (TPSA) is 3.24 Å². The van der Waals surface area contributed by atoms with Gasteiger partial charge in [-0.25, -0.2) is 0 Å². The summed E-state index contributed by atoms with van der Waals surface area (Å²) < 4.78 is 0. The SMILES string of the molecule is CN(C)c1ccc(P(c2ccccc2P(c2ccccc2)c2ccccc2)c2ccccc2P(c2ccccc2)c2ccccc2)cc1. The van der Waals surface area contributed by atoms with E-state index in [0.717, 1.165) is 0 Å². The zero-order valence-electron chi connectivity index (χ0n) is 27.3. The van der Waals surface area contributed by atoms with Crippen molar-refractivity contribution in [2.75, 3.05) is 19.0 Å². The molecular weight excluding hydrogens is 635 g/mol. The summed E-state index contributed by atoms with van der Waals surface area (Å²) in [7, 11) is 1.70. The lowest BCUT2D eigenvalue weighted by Crippen LogP contribution is -2.39. The van der Waals surface area contributed by atoms with Crippen LogP contribution >= 0.6 is 23.8 Å². The van der Waals surface area contributed by atoms with E-state index in [4.69, 9.17) is 0 Å². The van der Waals surface area contributed by atoms with E-state index in [9.17, 15) is 0 Å². The quantitative estimate of drug-likeness (QED) is 0.141. The molecule has 7 aromatic rings. The van der Waals surface area contributed by atoms with Crippen molar-refractivity contribution in [1.82, 2.24) is 0 Å². The van der Waals surface area contributed by atoms with Crippen LogP contribution in [0.4, 0.5) is 5.69 Å². The lowest BCUT2D eigenvalue weighted by atomic mass is 10.3. The van der Waals surface area contributed by atoms with E-state index in [-0.39, 0.29) is 0 Å². The van der Waals surface area contributed by atoms with Crippen LogP contribution in [0, 0.1) is 0 Å². The Kier molecular flexibility index (Phi) is 10.2. The smallest absolute Gasteiger partial charge is 0.0361 e. The van der Waals surface area contributed by atoms with Crippen LogP contribution in [0.25, 0.3) is 0 Å². The average Bonchev–Trinajstić information content (AvgIpc) is 3.15. The maximum atomic E-state index is 2.41. The molecule has 0 N–H and O–H groups in total. The van der Waals surface area contributed by atoms with Crippen LogP contribution in [0.1, 0.15) is 0 Å². The molecule has 0 saturated heterocycles. The first-order chi connectivity index (χ1) is 23.7. The fraction of sp³-hybridized carbons (Fsp3) is 0.0455. The van der Waals surface area contributed by atoms with Gasteiger partial charge in [-0.1, -0.05) is 182 Å². The van der Waals surface area contributed by atoms with Gasteiger partial charge >= 0.3 is 0 Å². The Morgan fingerprint density at radius 2 is 0.521 bits per heavy atom. The second kappa shape index (κ2) is 15.2. The van der Waals surface area contributed by atoms with Crippen molar-refractivity contribution in [2.45, 2.75) is 0 Å². The van der Waals surface area contributed by atoms with Crippen LogP contribution in [0.2, 0.25) is 0 Å². The third-order valence-corrected chi connectivity index (χ3v) is 16.3. The molecule has 0 fully saturated rings. The summed E-state index contributed by atoms with van der Waals surface area (Å²) in [6, 6.07) is 72.3. The second-order valence-electron chi connectivity index (χ2n) is 11.7. The molecule has 1 nitrogen and oxygen atoms in total. The predicted octanol–water partition coefficient (Wildman–Crippen LogP) is 7.03. The highest BCUT2D eigenvalue weighted by molar-refractivity contribution is 7.88. The van der Waals surface area contributed by atoms with Gasteiger partial charge in [-0.3, -0.25) is 0 Å². The molecule has 0 aliphatic heterocycles. The van der Waals surface area contributed by atoms with Gasteiger partial charge in [-0.15, -0.1) is 0 Å². The van der Waals surface area contributed by atoms with Gasteiger partial charge in [0.1, 0.15) is 0 Å². The van der Waals surface area contributed by atoms with Gasteiger partial charge < -0.3 is 4.90 Å². The number of rotatable bonds is 10. The first kappa shape index (κ1) is 32.2. The Morgan fingerprint density at radius 1 is 0.271 bits per heavy atom. The Morgan fingerprint density at radius 3 is 0.812 bits per heavy atom. The average molecular weight is 674 g/mol. The monoisotopic (exact) mass is 673 g/mol. The summed E-state index contributed by atoms with van der Waals surface area (Å²) in [5.41, 5.74) is 1.21. The van der Waals surface area contributed by atoms with E-state index in [1.165, 1.54) is 53.4 Å². The van der Waals surface area contributed by atoms with Gasteiger partial charge in [0.05, 0.1) is 0 Å². The summed E-state index contributed by atoms with van der Waals surface area (Å²) in [6.07, 6.45) is 0. The van der Waals surface area contributed by atoms with Gasteiger partial charge in [0.15, 0.2) is 0 Å². The summed E-state index contributed by atoms with van der Waals surface area (Å²) in [5.74, 6) is 0. The van der Waals surface area contributed by atoms with Crippen molar-refractivity contribution in [1.29, 1.82) is 0 Å². The molecule has 234 valence electrons. The maximum absolute atomic E-state index is 2.41. The number of anilines is 1. The van der Waals surface area contributed by atoms with Crippen LogP contribution in [0.15, 0.2) is 194 Å². The molecule has 4 heteroatoms. The highest BCUT2D eigenvalue weighted by atomic mass is 31.1. The van der Waals surface area contributed by atoms with E-state index in [1.807, 2.05) is 0 Å². The molecule has 0 aliphatic carbocycles. The summed E-state index contributed by atoms with van der Waals surface area (Å²) >= 11 is 0. The Hall–Kier alpha value is -4.37. The Balaban J connectivity index is 1.50. The molecule has 0 heterocycles. The predicted molar refractivity (Wildman–Crippen MR) is 217 cm³/mol. The molecule has 48 heavy (non-hydrogen) atoms. The molecule has 0 saturated carbocycles. The van der Waals surface area contributed by atoms with Crippen molar-refractivity contribution in [3.05, 3.63) is 194 Å². The molecule has 0 atom stereocenters. The molecule has 0 aliphatic rings. The van der Waals surface area contributed by atoms with E-state index < -0.39 is 23.8 Å². The Labute approximate surface area is 289 Å². The fourth-order valence-electron chi connectivity index (χ4n) is 6.16. The van der Waals surface area contributed by atoms with Crippen molar-refractivity contribution in [2.24, 2.45) is 0 Å². The zero-order chi connectivity index (χ0) is 32.7. The highest BCUT2D eigenvalue weighted by Gasteiger charge is 2.29. The summed E-state index contributed by atoms with van der Waals surface area (Å²) in [5, 5.41) is 12.5. The van der Waals surface area contributed by atoms with Crippen molar-refractivity contribution < 1.29 is 0 Å².